The summed E-state index contributed by atoms with van der Waals surface area (Å²) in [5, 5.41) is 3.74. The highest BCUT2D eigenvalue weighted by molar-refractivity contribution is 5.55. The first kappa shape index (κ1) is 13.8. The molecule has 1 aliphatic heterocycles. The van der Waals surface area contributed by atoms with E-state index in [2.05, 4.69) is 48.3 Å². The van der Waals surface area contributed by atoms with Crippen LogP contribution in [0.5, 0.6) is 0 Å². The van der Waals surface area contributed by atoms with Crippen molar-refractivity contribution in [2.75, 3.05) is 23.3 Å². The molecule has 1 unspecified atom stereocenters. The number of hydrogen-bond donors (Lipinski definition) is 1. The molecular formula is C18H28N2. The summed E-state index contributed by atoms with van der Waals surface area (Å²) in [5.74, 6) is 0. The molecule has 0 aromatic heterocycles. The van der Waals surface area contributed by atoms with E-state index in [0.29, 0.717) is 11.5 Å². The third kappa shape index (κ3) is 3.28. The van der Waals surface area contributed by atoms with E-state index in [9.17, 15) is 0 Å². The summed E-state index contributed by atoms with van der Waals surface area (Å²) in [4.78, 5) is 2.49. The molecule has 0 radical (unpaired) electrons. The second-order valence-corrected chi connectivity index (χ2v) is 7.34. The summed E-state index contributed by atoms with van der Waals surface area (Å²) in [5.41, 5.74) is 3.18. The number of nitrogens with zero attached hydrogens (tertiary/aromatic N) is 1. The highest BCUT2D eigenvalue weighted by Crippen LogP contribution is 2.36. The Kier molecular flexibility index (Phi) is 3.91. The van der Waals surface area contributed by atoms with Gasteiger partial charge in [-0.3, -0.25) is 0 Å². The van der Waals surface area contributed by atoms with E-state index in [1.54, 1.807) is 0 Å². The molecule has 0 bridgehead atoms. The van der Waals surface area contributed by atoms with Crippen molar-refractivity contribution in [1.82, 2.24) is 0 Å². The lowest BCUT2D eigenvalue weighted by molar-refractivity contribution is 0.229. The van der Waals surface area contributed by atoms with Crippen molar-refractivity contribution in [3.05, 3.63) is 24.3 Å². The molecule has 2 aliphatic rings. The minimum atomic E-state index is 0.505. The molecule has 1 aliphatic carbocycles. The van der Waals surface area contributed by atoms with E-state index in [1.807, 2.05) is 0 Å². The molecule has 1 saturated heterocycles. The van der Waals surface area contributed by atoms with Crippen LogP contribution in [-0.4, -0.2) is 19.1 Å². The van der Waals surface area contributed by atoms with Gasteiger partial charge in [-0.05, 0) is 61.8 Å². The molecule has 1 aromatic carbocycles. The fourth-order valence-corrected chi connectivity index (χ4v) is 3.80. The van der Waals surface area contributed by atoms with Gasteiger partial charge in [-0.15, -0.1) is 0 Å². The Morgan fingerprint density at radius 2 is 1.75 bits per heavy atom. The van der Waals surface area contributed by atoms with Crippen molar-refractivity contribution in [2.45, 2.75) is 58.4 Å². The SMILES string of the molecule is CC1(C)CCCC(Nc2ccc(N3CCCC3)cc2)C1. The van der Waals surface area contributed by atoms with E-state index in [1.165, 1.54) is 63.0 Å². The molecule has 1 N–H and O–H groups in total. The summed E-state index contributed by atoms with van der Waals surface area (Å²) < 4.78 is 0. The summed E-state index contributed by atoms with van der Waals surface area (Å²) in [7, 11) is 0. The Morgan fingerprint density at radius 3 is 2.40 bits per heavy atom. The van der Waals surface area contributed by atoms with Crippen LogP contribution in [0, 0.1) is 5.41 Å². The first-order chi connectivity index (χ1) is 9.62. The monoisotopic (exact) mass is 272 g/mol. The molecule has 1 atom stereocenters. The van der Waals surface area contributed by atoms with Crippen LogP contribution in [-0.2, 0) is 0 Å². The molecule has 3 rings (SSSR count). The van der Waals surface area contributed by atoms with Gasteiger partial charge < -0.3 is 10.2 Å². The Bertz CT molecular complexity index is 429. The largest absolute Gasteiger partial charge is 0.382 e. The van der Waals surface area contributed by atoms with Gasteiger partial charge in [-0.2, -0.15) is 0 Å². The fourth-order valence-electron chi connectivity index (χ4n) is 3.80. The van der Waals surface area contributed by atoms with Gasteiger partial charge in [0.05, 0.1) is 0 Å². The first-order valence-corrected chi connectivity index (χ1v) is 8.24. The van der Waals surface area contributed by atoms with Gasteiger partial charge in [-0.25, -0.2) is 0 Å². The normalized spacial score (nSPS) is 25.7. The van der Waals surface area contributed by atoms with Gasteiger partial charge in [0.15, 0.2) is 0 Å². The zero-order valence-electron chi connectivity index (χ0n) is 13.0. The van der Waals surface area contributed by atoms with E-state index in [-0.39, 0.29) is 0 Å². The highest BCUT2D eigenvalue weighted by Gasteiger charge is 2.27. The molecule has 1 heterocycles. The summed E-state index contributed by atoms with van der Waals surface area (Å²) in [6, 6.07) is 9.73. The van der Waals surface area contributed by atoms with Gasteiger partial charge in [0, 0.05) is 30.5 Å². The van der Waals surface area contributed by atoms with Crippen molar-refractivity contribution in [2.24, 2.45) is 5.41 Å². The lowest BCUT2D eigenvalue weighted by Gasteiger charge is -2.36. The summed E-state index contributed by atoms with van der Waals surface area (Å²) in [6.07, 6.45) is 8.03. The van der Waals surface area contributed by atoms with Crippen LogP contribution in [0.2, 0.25) is 0 Å². The summed E-state index contributed by atoms with van der Waals surface area (Å²) in [6.45, 7) is 7.25. The van der Waals surface area contributed by atoms with Crippen LogP contribution in [0.4, 0.5) is 11.4 Å². The highest BCUT2D eigenvalue weighted by atomic mass is 15.1. The van der Waals surface area contributed by atoms with Crippen LogP contribution in [0.3, 0.4) is 0 Å². The molecule has 20 heavy (non-hydrogen) atoms. The maximum absolute atomic E-state index is 3.74. The lowest BCUT2D eigenvalue weighted by atomic mass is 9.75. The first-order valence-electron chi connectivity index (χ1n) is 8.24. The zero-order chi connectivity index (χ0) is 14.0. The average Bonchev–Trinajstić information content (AvgIpc) is 2.92. The predicted octanol–water partition coefficient (Wildman–Crippen LogP) is 4.67. The smallest absolute Gasteiger partial charge is 0.0367 e. The van der Waals surface area contributed by atoms with Gasteiger partial charge in [0.25, 0.3) is 0 Å². The van der Waals surface area contributed by atoms with Crippen LogP contribution >= 0.6 is 0 Å². The number of hydrogen-bond acceptors (Lipinski definition) is 2. The van der Waals surface area contributed by atoms with Crippen LogP contribution in [0.1, 0.15) is 52.4 Å². The molecule has 2 nitrogen and oxygen atoms in total. The Balaban J connectivity index is 1.60. The zero-order valence-corrected chi connectivity index (χ0v) is 13.0. The molecule has 2 fully saturated rings. The van der Waals surface area contributed by atoms with Crippen molar-refractivity contribution in [3.8, 4) is 0 Å². The minimum absolute atomic E-state index is 0.505. The molecule has 2 heteroatoms. The maximum Gasteiger partial charge on any atom is 0.0367 e. The maximum atomic E-state index is 3.74. The van der Waals surface area contributed by atoms with Crippen LogP contribution < -0.4 is 10.2 Å². The predicted molar refractivity (Wildman–Crippen MR) is 87.5 cm³/mol. The minimum Gasteiger partial charge on any atom is -0.382 e. The molecule has 110 valence electrons. The molecular weight excluding hydrogens is 244 g/mol. The Labute approximate surface area is 123 Å². The van der Waals surface area contributed by atoms with Gasteiger partial charge in [0.2, 0.25) is 0 Å². The lowest BCUT2D eigenvalue weighted by Crippen LogP contribution is -2.31. The molecule has 1 aromatic rings. The quantitative estimate of drug-likeness (QED) is 0.860. The number of anilines is 2. The van der Waals surface area contributed by atoms with Crippen molar-refractivity contribution >= 4 is 11.4 Å². The van der Waals surface area contributed by atoms with Crippen LogP contribution in [0.25, 0.3) is 0 Å². The van der Waals surface area contributed by atoms with E-state index in [0.717, 1.165) is 0 Å². The molecule has 0 amide bonds. The van der Waals surface area contributed by atoms with Crippen molar-refractivity contribution in [3.63, 3.8) is 0 Å². The molecule has 0 spiro atoms. The topological polar surface area (TPSA) is 15.3 Å². The number of rotatable bonds is 3. The second kappa shape index (κ2) is 5.67. The van der Waals surface area contributed by atoms with Crippen molar-refractivity contribution in [1.29, 1.82) is 0 Å². The summed E-state index contributed by atoms with van der Waals surface area (Å²) >= 11 is 0. The fraction of sp³-hybridized carbons (Fsp3) is 0.667. The van der Waals surface area contributed by atoms with E-state index < -0.39 is 0 Å². The number of nitrogens with one attached hydrogen (secondary N) is 1. The Morgan fingerprint density at radius 1 is 1.05 bits per heavy atom. The Hall–Kier alpha value is -1.18. The van der Waals surface area contributed by atoms with Gasteiger partial charge >= 0.3 is 0 Å². The van der Waals surface area contributed by atoms with E-state index in [4.69, 9.17) is 0 Å². The average molecular weight is 272 g/mol. The second-order valence-electron chi connectivity index (χ2n) is 7.34. The number of benzene rings is 1. The van der Waals surface area contributed by atoms with Gasteiger partial charge in [-0.1, -0.05) is 20.3 Å². The standard InChI is InChI=1S/C18H28N2/c1-18(2)11-5-6-16(14-18)19-15-7-9-17(10-8-15)20-12-3-4-13-20/h7-10,16,19H,3-6,11-14H2,1-2H3. The van der Waals surface area contributed by atoms with E-state index >= 15 is 0 Å². The van der Waals surface area contributed by atoms with Gasteiger partial charge in [0.1, 0.15) is 0 Å². The third-order valence-electron chi connectivity index (χ3n) is 4.91. The van der Waals surface area contributed by atoms with Crippen LogP contribution in [0.15, 0.2) is 24.3 Å². The third-order valence-corrected chi connectivity index (χ3v) is 4.91. The van der Waals surface area contributed by atoms with Crippen molar-refractivity contribution < 1.29 is 0 Å². The molecule has 1 saturated carbocycles.